The summed E-state index contributed by atoms with van der Waals surface area (Å²) in [6, 6.07) is 19.1. The smallest absolute Gasteiger partial charge is 0.412 e. The predicted molar refractivity (Wildman–Crippen MR) is 142 cm³/mol. The molecule has 0 spiro atoms. The molecule has 0 unspecified atom stereocenters. The Morgan fingerprint density at radius 2 is 1.75 bits per heavy atom. The minimum absolute atomic E-state index is 0.470. The molecular weight excluding hydrogens is 456 g/mol. The molecule has 0 aliphatic carbocycles. The predicted octanol–water partition coefficient (Wildman–Crippen LogP) is 6.21. The van der Waals surface area contributed by atoms with Crippen molar-refractivity contribution in [3.05, 3.63) is 72.4 Å². The highest BCUT2D eigenvalue weighted by molar-refractivity contribution is 6.04. The number of carboxylic acid groups (broad SMARTS) is 1. The molecule has 1 heterocycles. The van der Waals surface area contributed by atoms with Gasteiger partial charge in [0, 0.05) is 29.2 Å². The Labute approximate surface area is 210 Å². The summed E-state index contributed by atoms with van der Waals surface area (Å²) in [6.45, 7) is 6.13. The van der Waals surface area contributed by atoms with Gasteiger partial charge in [0.15, 0.2) is 0 Å². The van der Waals surface area contributed by atoms with Crippen LogP contribution in [0.15, 0.2) is 66.9 Å². The number of nitrogens with zero attached hydrogens (tertiary/aromatic N) is 3. The molecule has 8 heteroatoms. The Balaban J connectivity index is 1.76. The zero-order valence-corrected chi connectivity index (χ0v) is 21.1. The molecule has 0 fully saturated rings. The third kappa shape index (κ3) is 5.33. The van der Waals surface area contributed by atoms with Crippen LogP contribution in [0.2, 0.25) is 0 Å². The van der Waals surface area contributed by atoms with Crippen molar-refractivity contribution in [3.8, 4) is 22.8 Å². The maximum absolute atomic E-state index is 12.4. The van der Waals surface area contributed by atoms with E-state index >= 15 is 0 Å². The second kappa shape index (κ2) is 10.1. The molecule has 0 bridgehead atoms. The van der Waals surface area contributed by atoms with Gasteiger partial charge in [0.2, 0.25) is 5.95 Å². The number of hydrogen-bond acceptors (Lipinski definition) is 6. The van der Waals surface area contributed by atoms with E-state index < -0.39 is 11.6 Å². The van der Waals surface area contributed by atoms with Gasteiger partial charge in [-0.15, -0.1) is 0 Å². The van der Waals surface area contributed by atoms with Gasteiger partial charge in [-0.2, -0.15) is 0 Å². The Morgan fingerprint density at radius 1 is 1.00 bits per heavy atom. The summed E-state index contributed by atoms with van der Waals surface area (Å²) in [4.78, 5) is 22.8. The van der Waals surface area contributed by atoms with Crippen LogP contribution in [0, 0.1) is 0 Å². The van der Waals surface area contributed by atoms with Crippen LogP contribution in [-0.4, -0.2) is 40.9 Å². The number of anilines is 2. The minimum atomic E-state index is -1.04. The van der Waals surface area contributed by atoms with Crippen molar-refractivity contribution in [1.29, 1.82) is 0 Å². The largest absolute Gasteiger partial charge is 0.497 e. The first-order valence-electron chi connectivity index (χ1n) is 11.5. The molecule has 1 aromatic heterocycles. The number of rotatable bonds is 7. The molecule has 0 saturated carbocycles. The van der Waals surface area contributed by atoms with Crippen molar-refractivity contribution >= 4 is 28.5 Å². The topological polar surface area (TPSA) is 96.8 Å². The van der Waals surface area contributed by atoms with Crippen LogP contribution in [0.25, 0.3) is 22.0 Å². The minimum Gasteiger partial charge on any atom is -0.497 e. The number of methoxy groups -OCH3 is 2. The SMILES string of the molecule is COc1cccc(CNc2nccc(-c3cc(N(C(=O)O)C(C)(C)C)c4cc(OC)ccc4c3)n2)c1. The van der Waals surface area contributed by atoms with Crippen LogP contribution in [0.4, 0.5) is 16.4 Å². The second-order valence-corrected chi connectivity index (χ2v) is 9.34. The number of fused-ring (bicyclic) bond motifs is 1. The van der Waals surface area contributed by atoms with E-state index in [4.69, 9.17) is 14.5 Å². The zero-order valence-electron chi connectivity index (χ0n) is 21.1. The van der Waals surface area contributed by atoms with Crippen molar-refractivity contribution in [2.24, 2.45) is 0 Å². The fourth-order valence-electron chi connectivity index (χ4n) is 4.10. The van der Waals surface area contributed by atoms with E-state index in [0.29, 0.717) is 29.6 Å². The van der Waals surface area contributed by atoms with Crippen molar-refractivity contribution in [2.45, 2.75) is 32.9 Å². The highest BCUT2D eigenvalue weighted by Gasteiger charge is 2.30. The van der Waals surface area contributed by atoms with Crippen LogP contribution in [0.1, 0.15) is 26.3 Å². The normalized spacial score (nSPS) is 11.2. The van der Waals surface area contributed by atoms with E-state index in [-0.39, 0.29) is 0 Å². The van der Waals surface area contributed by atoms with Crippen LogP contribution < -0.4 is 19.7 Å². The van der Waals surface area contributed by atoms with Crippen LogP contribution >= 0.6 is 0 Å². The molecule has 0 aliphatic rings. The van der Waals surface area contributed by atoms with E-state index in [0.717, 1.165) is 27.6 Å². The van der Waals surface area contributed by atoms with Crippen molar-refractivity contribution in [2.75, 3.05) is 24.4 Å². The van der Waals surface area contributed by atoms with Crippen molar-refractivity contribution in [1.82, 2.24) is 9.97 Å². The van der Waals surface area contributed by atoms with E-state index in [1.54, 1.807) is 20.4 Å². The summed E-state index contributed by atoms with van der Waals surface area (Å²) in [5.41, 5.74) is 2.38. The number of ether oxygens (including phenoxy) is 2. The molecule has 4 rings (SSSR count). The van der Waals surface area contributed by atoms with Gasteiger partial charge in [0.1, 0.15) is 11.5 Å². The molecule has 4 aromatic rings. The van der Waals surface area contributed by atoms with Gasteiger partial charge in [-0.3, -0.25) is 4.90 Å². The number of hydrogen-bond donors (Lipinski definition) is 2. The standard InChI is InChI=1S/C28H30N4O4/c1-28(2,3)32(27(33)34)25-15-20(14-19-9-10-22(36-5)16-23(19)25)24-11-12-29-26(31-24)30-17-18-7-6-8-21(13-18)35-4/h6-16H,17H2,1-5H3,(H,33,34)(H,29,30,31). The monoisotopic (exact) mass is 486 g/mol. The number of nitrogens with one attached hydrogen (secondary N) is 1. The summed E-state index contributed by atoms with van der Waals surface area (Å²) >= 11 is 0. The van der Waals surface area contributed by atoms with Crippen molar-refractivity contribution in [3.63, 3.8) is 0 Å². The first kappa shape index (κ1) is 24.8. The molecule has 2 N–H and O–H groups in total. The molecule has 36 heavy (non-hydrogen) atoms. The number of benzene rings is 3. The van der Waals surface area contributed by atoms with E-state index in [2.05, 4.69) is 10.3 Å². The van der Waals surface area contributed by atoms with Gasteiger partial charge in [-0.25, -0.2) is 14.8 Å². The molecule has 186 valence electrons. The molecule has 0 atom stereocenters. The Kier molecular flexibility index (Phi) is 6.96. The van der Waals surface area contributed by atoms with Gasteiger partial charge < -0.3 is 19.9 Å². The van der Waals surface area contributed by atoms with Crippen LogP contribution in [0.5, 0.6) is 11.5 Å². The Hall–Kier alpha value is -4.33. The fraction of sp³-hybridized carbons (Fsp3) is 0.250. The first-order chi connectivity index (χ1) is 17.2. The molecular formula is C28H30N4O4. The maximum atomic E-state index is 12.4. The third-order valence-electron chi connectivity index (χ3n) is 5.78. The summed E-state index contributed by atoms with van der Waals surface area (Å²) in [5, 5.41) is 15.0. The quantitative estimate of drug-likeness (QED) is 0.321. The summed E-state index contributed by atoms with van der Waals surface area (Å²) in [6.07, 6.45) is 0.652. The number of aromatic nitrogens is 2. The lowest BCUT2D eigenvalue weighted by Gasteiger charge is -2.34. The molecule has 0 radical (unpaired) electrons. The fourth-order valence-corrected chi connectivity index (χ4v) is 4.10. The van der Waals surface area contributed by atoms with Gasteiger partial charge in [0.05, 0.1) is 25.6 Å². The summed E-state index contributed by atoms with van der Waals surface area (Å²) in [7, 11) is 3.23. The average molecular weight is 487 g/mol. The van der Waals surface area contributed by atoms with Gasteiger partial charge in [-0.05, 0) is 74.2 Å². The molecule has 1 amide bonds. The van der Waals surface area contributed by atoms with Crippen LogP contribution in [0.3, 0.4) is 0 Å². The lowest BCUT2D eigenvalue weighted by Crippen LogP contribution is -2.45. The second-order valence-electron chi connectivity index (χ2n) is 9.34. The van der Waals surface area contributed by atoms with E-state index in [1.807, 2.05) is 81.4 Å². The molecule has 8 nitrogen and oxygen atoms in total. The Morgan fingerprint density at radius 3 is 2.44 bits per heavy atom. The van der Waals surface area contributed by atoms with Crippen molar-refractivity contribution < 1.29 is 19.4 Å². The summed E-state index contributed by atoms with van der Waals surface area (Å²) in [5.74, 6) is 1.91. The molecule has 0 aliphatic heterocycles. The maximum Gasteiger partial charge on any atom is 0.412 e. The molecule has 0 saturated heterocycles. The molecule has 3 aromatic carbocycles. The average Bonchev–Trinajstić information content (AvgIpc) is 2.86. The lowest BCUT2D eigenvalue weighted by atomic mass is 9.98. The highest BCUT2D eigenvalue weighted by Crippen LogP contribution is 2.37. The number of carbonyl (C=O) groups is 1. The van der Waals surface area contributed by atoms with E-state index in [9.17, 15) is 9.90 Å². The Bertz CT molecular complexity index is 1400. The third-order valence-corrected chi connectivity index (χ3v) is 5.78. The van der Waals surface area contributed by atoms with E-state index in [1.165, 1.54) is 4.90 Å². The van der Waals surface area contributed by atoms with Crippen LogP contribution in [-0.2, 0) is 6.54 Å². The van der Waals surface area contributed by atoms with Gasteiger partial charge in [0.25, 0.3) is 0 Å². The first-order valence-corrected chi connectivity index (χ1v) is 11.5. The highest BCUT2D eigenvalue weighted by atomic mass is 16.5. The van der Waals surface area contributed by atoms with Gasteiger partial charge in [-0.1, -0.05) is 18.2 Å². The van der Waals surface area contributed by atoms with Gasteiger partial charge >= 0.3 is 6.09 Å². The summed E-state index contributed by atoms with van der Waals surface area (Å²) < 4.78 is 10.7. The zero-order chi connectivity index (χ0) is 25.9. The lowest BCUT2D eigenvalue weighted by molar-refractivity contribution is 0.196. The number of amides is 1.